The van der Waals surface area contributed by atoms with Gasteiger partial charge in [0.2, 0.25) is 5.79 Å². The zero-order chi connectivity index (χ0) is 41.8. The van der Waals surface area contributed by atoms with E-state index in [0.717, 1.165) is 42.4 Å². The van der Waals surface area contributed by atoms with Crippen LogP contribution >= 0.6 is 0 Å². The number of unbranched alkanes of at least 4 members (excludes halogenated alkanes) is 2. The number of hydrogen-bond donors (Lipinski definition) is 2. The first-order valence-electron chi connectivity index (χ1n) is 20.9. The summed E-state index contributed by atoms with van der Waals surface area (Å²) in [7, 11) is 0. The number of benzene rings is 3. The van der Waals surface area contributed by atoms with E-state index in [1.807, 2.05) is 49.4 Å². The molecule has 2 N–H and O–H groups in total. The number of aliphatic hydroxyl groups excluding tert-OH is 2. The van der Waals surface area contributed by atoms with Crippen LogP contribution in [-0.4, -0.2) is 76.6 Å². The van der Waals surface area contributed by atoms with E-state index in [9.17, 15) is 25.1 Å². The van der Waals surface area contributed by atoms with E-state index >= 15 is 0 Å². The minimum atomic E-state index is -1.42. The predicted molar refractivity (Wildman–Crippen MR) is 223 cm³/mol. The highest BCUT2D eigenvalue weighted by molar-refractivity contribution is 6.03. The summed E-state index contributed by atoms with van der Waals surface area (Å²) < 4.78 is 26.2. The summed E-state index contributed by atoms with van der Waals surface area (Å²) in [5.41, 5.74) is 3.33. The molecule has 0 spiro atoms. The molecular formula is C46H57N3O10. The number of rotatable bonds is 21. The lowest BCUT2D eigenvalue weighted by Gasteiger charge is -2.59. The monoisotopic (exact) mass is 811 g/mol. The number of hydrogen-bond acceptors (Lipinski definition) is 11. The van der Waals surface area contributed by atoms with E-state index in [1.165, 1.54) is 12.1 Å². The van der Waals surface area contributed by atoms with Gasteiger partial charge in [-0.15, -0.1) is 6.58 Å². The number of allylic oxidation sites excluding steroid dienone is 1. The maximum absolute atomic E-state index is 14.0. The molecule has 0 saturated heterocycles. The van der Waals surface area contributed by atoms with Crippen molar-refractivity contribution in [1.82, 2.24) is 4.90 Å². The number of carbonyl (C=O) groups is 1. The van der Waals surface area contributed by atoms with Crippen LogP contribution in [-0.2, 0) is 20.9 Å². The minimum Gasteiger partial charge on any atom is -0.459 e. The van der Waals surface area contributed by atoms with Gasteiger partial charge in [-0.1, -0.05) is 73.5 Å². The summed E-state index contributed by atoms with van der Waals surface area (Å²) >= 11 is 0. The molecule has 1 heterocycles. The molecule has 0 aromatic heterocycles. The van der Waals surface area contributed by atoms with Crippen molar-refractivity contribution >= 4 is 17.5 Å². The molecule has 3 aromatic rings. The molecule has 316 valence electrons. The molecule has 13 nitrogen and oxygen atoms in total. The average molecular weight is 812 g/mol. The van der Waals surface area contributed by atoms with Gasteiger partial charge in [-0.2, -0.15) is 0 Å². The molecular weight excluding hydrogens is 755 g/mol. The molecule has 1 aliphatic heterocycles. The second-order valence-electron chi connectivity index (χ2n) is 15.3. The Balaban J connectivity index is 1.57. The Morgan fingerprint density at radius 3 is 2.49 bits per heavy atom. The van der Waals surface area contributed by atoms with E-state index in [-0.39, 0.29) is 62.9 Å². The van der Waals surface area contributed by atoms with E-state index < -0.39 is 28.8 Å². The van der Waals surface area contributed by atoms with Gasteiger partial charge in [-0.05, 0) is 86.3 Å². The number of nitro benzene ring substituents is 1. The third-order valence-corrected chi connectivity index (χ3v) is 11.5. The van der Waals surface area contributed by atoms with Crippen LogP contribution in [0.5, 0.6) is 17.2 Å². The van der Waals surface area contributed by atoms with Crippen LogP contribution in [0.2, 0.25) is 0 Å². The highest BCUT2D eigenvalue weighted by atomic mass is 16.7. The average Bonchev–Trinajstić information content (AvgIpc) is 3.24. The fourth-order valence-electron chi connectivity index (χ4n) is 9.09. The number of nitro groups is 1. The van der Waals surface area contributed by atoms with Crippen molar-refractivity contribution < 1.29 is 43.7 Å². The van der Waals surface area contributed by atoms with Crippen molar-refractivity contribution in [2.24, 2.45) is 22.9 Å². The number of aliphatic hydroxyl groups is 2. The number of nitrogens with zero attached hydrogens (tertiary/aromatic N) is 3. The molecule has 1 amide bonds. The van der Waals surface area contributed by atoms with Crippen molar-refractivity contribution in [3.8, 4) is 17.2 Å². The standard InChI is InChI=1S/C46H57N3O10/c1-4-23-48(45(52)55-6-3)42-30-40(47-57-31-32-15-8-7-9-16-32)38-27-33(17-10-12-24-50)37(20-11-13-25-51)43-39-29-36(58-35-19-14-18-34(28-35)49(53)54)21-22-41(39)59-46(42,44(38)43)56-26-5-2/h5,7-9,14-16,18-19,21-22,27-29,33,37,42-44,50-51H,2,4,6,10-13,17,20,23-26,30-31H2,1,3H3. The first-order chi connectivity index (χ1) is 28.8. The summed E-state index contributed by atoms with van der Waals surface area (Å²) in [5, 5.41) is 36.3. The Morgan fingerprint density at radius 1 is 1.02 bits per heavy atom. The van der Waals surface area contributed by atoms with Gasteiger partial charge in [0.25, 0.3) is 5.69 Å². The normalized spacial score (nSPS) is 23.6. The van der Waals surface area contributed by atoms with Crippen LogP contribution in [0.15, 0.2) is 102 Å². The van der Waals surface area contributed by atoms with Gasteiger partial charge in [0.05, 0.1) is 35.8 Å². The molecule has 6 atom stereocenters. The van der Waals surface area contributed by atoms with Gasteiger partial charge >= 0.3 is 6.09 Å². The summed E-state index contributed by atoms with van der Waals surface area (Å²) in [6, 6.07) is 20.7. The first kappa shape index (κ1) is 43.3. The van der Waals surface area contributed by atoms with E-state index in [0.29, 0.717) is 48.8 Å². The van der Waals surface area contributed by atoms with Gasteiger partial charge in [-0.3, -0.25) is 15.0 Å². The topological polar surface area (TPSA) is 162 Å². The van der Waals surface area contributed by atoms with Crippen molar-refractivity contribution in [3.63, 3.8) is 0 Å². The lowest BCUT2D eigenvalue weighted by atomic mass is 9.55. The molecule has 59 heavy (non-hydrogen) atoms. The van der Waals surface area contributed by atoms with Crippen LogP contribution in [0.3, 0.4) is 0 Å². The fourth-order valence-corrected chi connectivity index (χ4v) is 9.09. The number of fused-ring (bicyclic) bond motifs is 2. The maximum Gasteiger partial charge on any atom is 0.410 e. The van der Waals surface area contributed by atoms with Crippen molar-refractivity contribution in [3.05, 3.63) is 118 Å². The van der Waals surface area contributed by atoms with Crippen LogP contribution in [0.25, 0.3) is 0 Å². The smallest absolute Gasteiger partial charge is 0.410 e. The van der Waals surface area contributed by atoms with Gasteiger partial charge < -0.3 is 34.0 Å². The second kappa shape index (κ2) is 20.6. The molecule has 13 heteroatoms. The van der Waals surface area contributed by atoms with Crippen LogP contribution in [0.1, 0.15) is 82.3 Å². The third kappa shape index (κ3) is 9.80. The Labute approximate surface area is 346 Å². The largest absolute Gasteiger partial charge is 0.459 e. The summed E-state index contributed by atoms with van der Waals surface area (Å²) in [4.78, 5) is 33.0. The zero-order valence-corrected chi connectivity index (χ0v) is 34.1. The first-order valence-corrected chi connectivity index (χ1v) is 20.9. The number of amides is 1. The maximum atomic E-state index is 14.0. The molecule has 1 fully saturated rings. The van der Waals surface area contributed by atoms with Gasteiger partial charge in [0.15, 0.2) is 0 Å². The fraction of sp³-hybridized carbons (Fsp3) is 0.478. The number of non-ortho nitro benzene ring substituents is 1. The predicted octanol–water partition coefficient (Wildman–Crippen LogP) is 9.09. The second-order valence-corrected chi connectivity index (χ2v) is 15.3. The lowest BCUT2D eigenvalue weighted by Crippen LogP contribution is -2.70. The highest BCUT2D eigenvalue weighted by Gasteiger charge is 2.65. The molecule has 3 aromatic carbocycles. The van der Waals surface area contributed by atoms with Gasteiger partial charge in [0, 0.05) is 43.7 Å². The molecule has 3 aliphatic rings. The zero-order valence-electron chi connectivity index (χ0n) is 34.1. The summed E-state index contributed by atoms with van der Waals surface area (Å²) in [6.07, 6.45) is 8.78. The molecule has 6 rings (SSSR count). The van der Waals surface area contributed by atoms with Crippen molar-refractivity contribution in [2.75, 3.05) is 33.0 Å². The van der Waals surface area contributed by atoms with Crippen molar-refractivity contribution in [2.45, 2.75) is 89.6 Å². The van der Waals surface area contributed by atoms with Gasteiger partial charge in [-0.25, -0.2) is 4.79 Å². The Kier molecular flexibility index (Phi) is 15.2. The van der Waals surface area contributed by atoms with E-state index in [1.54, 1.807) is 36.1 Å². The molecule has 0 radical (unpaired) electrons. The van der Waals surface area contributed by atoms with Crippen molar-refractivity contribution in [1.29, 1.82) is 0 Å². The quantitative estimate of drug-likeness (QED) is 0.0459. The lowest BCUT2D eigenvalue weighted by molar-refractivity contribution is -0.384. The van der Waals surface area contributed by atoms with Crippen LogP contribution < -0.4 is 9.47 Å². The molecule has 0 bridgehead atoms. The SMILES string of the molecule is C=CCOC12Oc3ccc(Oc4cccc([N+](=O)[O-])c4)cc3C3C(CCCCO)C(CCCCO)C=C(C(=NOCc4ccccc4)CC1N(CCC)C(=O)OCC)C32. The molecule has 2 aliphatic carbocycles. The number of carbonyl (C=O) groups excluding carboxylic acids is 1. The Hall–Kier alpha value is -5.24. The van der Waals surface area contributed by atoms with Crippen LogP contribution in [0, 0.1) is 27.9 Å². The Bertz CT molecular complexity index is 1950. The summed E-state index contributed by atoms with van der Waals surface area (Å²) in [6.45, 7) is 8.85. The Morgan fingerprint density at radius 2 is 1.78 bits per heavy atom. The number of oxime groups is 1. The third-order valence-electron chi connectivity index (χ3n) is 11.5. The van der Waals surface area contributed by atoms with E-state index in [2.05, 4.69) is 12.7 Å². The summed E-state index contributed by atoms with van der Waals surface area (Å²) in [5.74, 6) is -0.817. The minimum absolute atomic E-state index is 0.00358. The molecule has 1 saturated carbocycles. The highest BCUT2D eigenvalue weighted by Crippen LogP contribution is 2.62. The number of ether oxygens (including phenoxy) is 4. The molecule has 6 unspecified atom stereocenters. The van der Waals surface area contributed by atoms with Gasteiger partial charge in [0.1, 0.15) is 29.9 Å². The van der Waals surface area contributed by atoms with Crippen LogP contribution in [0.4, 0.5) is 10.5 Å². The van der Waals surface area contributed by atoms with E-state index in [4.69, 9.17) is 28.9 Å².